The summed E-state index contributed by atoms with van der Waals surface area (Å²) >= 11 is 0. The van der Waals surface area contributed by atoms with Crippen LogP contribution in [0.4, 0.5) is 0 Å². The largest absolute Gasteiger partial charge is 0.394 e. The van der Waals surface area contributed by atoms with Crippen LogP contribution in [0.25, 0.3) is 0 Å². The molecule has 32 N–H and O–H groups in total. The number of carbonyl (C=O) groups excluding carboxylic acids is 7. The molecule has 0 spiro atoms. The monoisotopic (exact) mass is 1930 g/mol. The molecule has 1 unspecified atom stereocenters. The maximum Gasteiger partial charge on any atom is 0.217 e. The molecule has 10 saturated heterocycles. The summed E-state index contributed by atoms with van der Waals surface area (Å²) in [5.74, 6) is -6.43. The van der Waals surface area contributed by atoms with Crippen LogP contribution < -0.4 is 37.2 Å². The van der Waals surface area contributed by atoms with Gasteiger partial charge in [0.2, 0.25) is 41.4 Å². The van der Waals surface area contributed by atoms with Crippen molar-refractivity contribution in [2.45, 2.75) is 355 Å². The van der Waals surface area contributed by atoms with E-state index in [0.717, 1.165) is 48.5 Å². The number of aliphatic hydroxyl groups excluding tert-OH is 25. The summed E-state index contributed by atoms with van der Waals surface area (Å²) in [4.78, 5) is 89.8. The second kappa shape index (κ2) is 47.9. The molecule has 132 heavy (non-hydrogen) atoms. The second-order valence-corrected chi connectivity index (χ2v) is 33.2. The van der Waals surface area contributed by atoms with E-state index < -0.39 is 414 Å². The van der Waals surface area contributed by atoms with Gasteiger partial charge in [0.1, 0.15) is 244 Å². The summed E-state index contributed by atoms with van der Waals surface area (Å²) in [6, 6.07) is -13.1. The summed E-state index contributed by atoms with van der Waals surface area (Å²) in [7, 11) is 0. The Morgan fingerprint density at radius 3 is 0.742 bits per heavy atom. The van der Waals surface area contributed by atoms with Crippen molar-refractivity contribution in [1.82, 2.24) is 37.2 Å². The number of rotatable bonds is 35. The van der Waals surface area contributed by atoms with Crippen LogP contribution in [-0.4, -0.2) is 542 Å². The van der Waals surface area contributed by atoms with E-state index >= 15 is 0 Å². The van der Waals surface area contributed by atoms with Gasteiger partial charge in [-0.2, -0.15) is 0 Å². The van der Waals surface area contributed by atoms with Crippen LogP contribution >= 0.6 is 0 Å². The molecule has 7 amide bonds. The molecule has 0 radical (unpaired) electrons. The van der Waals surface area contributed by atoms with Gasteiger partial charge in [0.15, 0.2) is 62.9 Å². The number of nitrogens with one attached hydrogen (secondary N) is 7. The van der Waals surface area contributed by atoms with Gasteiger partial charge in [-0.05, 0) is 0 Å². The van der Waals surface area contributed by atoms with Gasteiger partial charge in [-0.3, -0.25) is 33.6 Å². The molecule has 0 aromatic rings. The highest BCUT2D eigenvalue weighted by Gasteiger charge is 2.63. The van der Waals surface area contributed by atoms with E-state index in [1.54, 1.807) is 0 Å². The van der Waals surface area contributed by atoms with Gasteiger partial charge in [0.05, 0.1) is 66.1 Å². The van der Waals surface area contributed by atoms with E-state index in [9.17, 15) is 161 Å². The summed E-state index contributed by atoms with van der Waals surface area (Å²) in [5.41, 5.74) is 0. The third-order valence-corrected chi connectivity index (χ3v) is 23.7. The van der Waals surface area contributed by atoms with Gasteiger partial charge >= 0.3 is 0 Å². The van der Waals surface area contributed by atoms with E-state index in [2.05, 4.69) is 37.2 Å². The van der Waals surface area contributed by atoms with Crippen LogP contribution in [0.3, 0.4) is 0 Å². The highest BCUT2D eigenvalue weighted by atomic mass is 16.8. The number of carbonyl (C=O) groups is 7. The molecule has 760 valence electrons. The Hall–Kier alpha value is -5.47. The van der Waals surface area contributed by atoms with Crippen molar-refractivity contribution in [2.75, 3.05) is 66.1 Å². The average Bonchev–Trinajstić information content (AvgIpc) is 0.754. The average molecular weight is 1930 g/mol. The maximum atomic E-state index is 13.3. The van der Waals surface area contributed by atoms with Crippen molar-refractivity contribution >= 4 is 41.4 Å². The third kappa shape index (κ3) is 24.7. The maximum absolute atomic E-state index is 13.3. The van der Waals surface area contributed by atoms with Gasteiger partial charge in [-0.25, -0.2) is 0 Å². The molecule has 0 saturated carbocycles. The first kappa shape index (κ1) is 109. The number of hydrogen-bond donors (Lipinski definition) is 32. The molecule has 0 aromatic heterocycles. The fourth-order valence-corrected chi connectivity index (χ4v) is 17.2. The lowest BCUT2D eigenvalue weighted by Gasteiger charge is -2.52. The molecule has 50 atom stereocenters. The SMILES string of the molecule is CC(=O)N[C@H]1[C@H](O[C@H]2[C@H](O)[C@@H](NC(C)=O)[C@H](O[C@H]3[C@H](O)[C@@H](NC(C)=O)C(O)O[C@@H]3CO)O[C@@H]2CO)O[C@H](CO)[C@@H](O[C@@H]2O[C@H](CO)[C@@H](O[C@@H]3O[C@H](CO)[C@@H](O)[C@H](O)[C@H]3NC(C)=O)[C@H](O[C@H]3O[C@H](CO)[C@@H](O[C@@H]4O[C@H](CO[C@H]5O[C@H](CO)[C@@H](O)[C@H](O)[C@@H]5O[C@@H]5O[C@H](CO)[C@@H](O)[C@H](O)[C@H]5NC(C)=O)[C@@H](O)[C@H](O)[C@H]4NC(C)=O)[C@H](O)[C@@H]3O[C@@H]3O[C@H](CO)[C@@H](O)[C@H](O)[C@H]3NC(C)=O)[C@@H]2O)[C@@H]1O. The van der Waals surface area contributed by atoms with Gasteiger partial charge in [0, 0.05) is 48.5 Å². The Kier molecular flexibility index (Phi) is 39.4. The van der Waals surface area contributed by atoms with Crippen molar-refractivity contribution in [2.24, 2.45) is 0 Å². The number of aliphatic hydroxyl groups is 25. The molecule has 0 bridgehead atoms. The number of hydrogen-bond acceptors (Lipinski definition) is 51. The van der Waals surface area contributed by atoms with Crippen LogP contribution in [0.5, 0.6) is 0 Å². The van der Waals surface area contributed by atoms with Gasteiger partial charge in [-0.15, -0.1) is 0 Å². The lowest BCUT2D eigenvalue weighted by Crippen LogP contribution is -2.72. The van der Waals surface area contributed by atoms with Crippen LogP contribution in [0.1, 0.15) is 48.5 Å². The fourth-order valence-electron chi connectivity index (χ4n) is 17.2. The molecular formula is C74H123N7O51. The molecule has 0 aliphatic carbocycles. The zero-order valence-electron chi connectivity index (χ0n) is 71.7. The van der Waals surface area contributed by atoms with Gasteiger partial charge in [-0.1, -0.05) is 0 Å². The number of amides is 7. The summed E-state index contributed by atoms with van der Waals surface area (Å²) in [5, 5.41) is 300. The van der Waals surface area contributed by atoms with Crippen LogP contribution in [0.15, 0.2) is 0 Å². The quantitative estimate of drug-likeness (QED) is 0.0280. The molecule has 58 nitrogen and oxygen atoms in total. The molecular weight excluding hydrogens is 1800 g/mol. The summed E-state index contributed by atoms with van der Waals surface area (Å²) in [6.07, 6.45) is -91.4. The zero-order chi connectivity index (χ0) is 97.4. The van der Waals surface area contributed by atoms with Crippen LogP contribution in [0, 0.1) is 0 Å². The van der Waals surface area contributed by atoms with Crippen molar-refractivity contribution in [1.29, 1.82) is 0 Å². The lowest BCUT2D eigenvalue weighted by molar-refractivity contribution is -0.409. The van der Waals surface area contributed by atoms with Gasteiger partial charge < -0.3 is 255 Å². The van der Waals surface area contributed by atoms with E-state index in [4.69, 9.17) is 90.0 Å². The van der Waals surface area contributed by atoms with E-state index in [-0.39, 0.29) is 0 Å². The smallest absolute Gasteiger partial charge is 0.217 e. The van der Waals surface area contributed by atoms with Crippen LogP contribution in [0.2, 0.25) is 0 Å². The minimum atomic E-state index is -2.69. The number of ether oxygens (including phenoxy) is 19. The standard InChI is InChI=1S/C74H123N7O51/c1-18(91)75-35-51(107)57(29(12-86)115-65(35)113)125-70-40(80-23(6)96)52(108)58(30(13-87)120-70)126-71-41(81-24(7)97)53(109)59(31(14-88)121-71)128-72-56(112)62(61(33(16-90)122-72)129-66-36(76-19(2)92)47(103)42(98)25(8-82)116-66)130-74-64(132-68-38(78-21(4)94)49(105)44(100)27(10-84)118-68)55(111)60(32(15-89)123-74)127-69-39(79-22(5)95)50(106)46(102)34(124-69)17-114-73-63(54(110)45(101)28(11-85)119-73)131-67-37(77-20(3)93)48(104)43(99)26(9-83)117-67/h25-74,82-90,98-113H,8-17H2,1-7H3,(H,75,91)(H,76,92)(H,77,93)(H,78,94)(H,79,95)(H,80,96)(H,81,97)/t25-,26-,27-,28-,29-,30-,31-,32-,33-,34-,35-,36-,37-,38-,39-,40-,41-,42-,43-,44-,45-,46-,47-,48-,49-,50-,51-,52-,53-,54+,55+,56+,57-,58-,59-,60-,61-,62-,63+,64+,65?,66+,67+,68+,69+,70+,71+,72+,73+,74-/m1/s1. The normalized spacial score (nSPS) is 46.7. The Labute approximate surface area is 748 Å². The Morgan fingerprint density at radius 1 is 0.197 bits per heavy atom. The molecule has 10 rings (SSSR count). The summed E-state index contributed by atoms with van der Waals surface area (Å²) in [6.45, 7) is -4.81. The predicted octanol–water partition coefficient (Wildman–Crippen LogP) is -21.8. The first-order chi connectivity index (χ1) is 62.4. The molecule has 10 fully saturated rings. The van der Waals surface area contributed by atoms with E-state index in [1.807, 2.05) is 0 Å². The van der Waals surface area contributed by atoms with Crippen molar-refractivity contribution in [3.63, 3.8) is 0 Å². The van der Waals surface area contributed by atoms with E-state index in [1.165, 1.54) is 0 Å². The Balaban J connectivity index is 1.00. The minimum absolute atomic E-state index is 0.771. The topological polar surface area (TPSA) is 885 Å². The predicted molar refractivity (Wildman–Crippen MR) is 411 cm³/mol. The van der Waals surface area contributed by atoms with Crippen molar-refractivity contribution in [3.05, 3.63) is 0 Å². The molecule has 10 aliphatic rings. The minimum Gasteiger partial charge on any atom is -0.394 e. The summed E-state index contributed by atoms with van der Waals surface area (Å²) < 4.78 is 116. The Bertz CT molecular complexity index is 3710. The van der Waals surface area contributed by atoms with Crippen molar-refractivity contribution in [3.8, 4) is 0 Å². The zero-order valence-corrected chi connectivity index (χ0v) is 71.7. The first-order valence-electron chi connectivity index (χ1n) is 42.1. The molecule has 0 aromatic carbocycles. The van der Waals surface area contributed by atoms with E-state index in [0.29, 0.717) is 0 Å². The second-order valence-electron chi connectivity index (χ2n) is 33.2. The molecule has 10 aliphatic heterocycles. The van der Waals surface area contributed by atoms with Gasteiger partial charge in [0.25, 0.3) is 0 Å². The first-order valence-corrected chi connectivity index (χ1v) is 42.1. The fraction of sp³-hybridized carbons (Fsp3) is 0.905. The highest BCUT2D eigenvalue weighted by molar-refractivity contribution is 5.75. The van der Waals surface area contributed by atoms with Crippen LogP contribution in [-0.2, 0) is 124 Å². The third-order valence-electron chi connectivity index (χ3n) is 23.7. The Morgan fingerprint density at radius 2 is 0.409 bits per heavy atom. The molecule has 10 heterocycles. The highest BCUT2D eigenvalue weighted by Crippen LogP contribution is 2.42. The molecule has 58 heteroatoms. The lowest BCUT2D eigenvalue weighted by atomic mass is 9.93. The van der Waals surface area contributed by atoms with Crippen molar-refractivity contribution < 1.29 is 251 Å².